The number of aromatic nitrogens is 2. The number of nitrogens with one attached hydrogen (secondary N) is 2. The molecule has 0 saturated heterocycles. The van der Waals surface area contributed by atoms with Crippen LogP contribution in [0.25, 0.3) is 4.96 Å². The summed E-state index contributed by atoms with van der Waals surface area (Å²) < 4.78 is 6.61. The number of benzene rings is 2. The largest absolute Gasteiger partial charge is 0.494 e. The zero-order chi connectivity index (χ0) is 24.4. The lowest BCUT2D eigenvalue weighted by Gasteiger charge is -2.11. The van der Waals surface area contributed by atoms with Crippen LogP contribution < -0.4 is 20.9 Å². The van der Waals surface area contributed by atoms with Gasteiger partial charge < -0.3 is 15.4 Å². The molecule has 2 N–H and O–H groups in total. The lowest BCUT2D eigenvalue weighted by atomic mass is 10.1. The number of carbonyl (C=O) groups excluding carboxylic acids is 2. The summed E-state index contributed by atoms with van der Waals surface area (Å²) in [5, 5.41) is 5.65. The third-order valence-electron chi connectivity index (χ3n) is 5.35. The maximum absolute atomic E-state index is 13.3. The van der Waals surface area contributed by atoms with Gasteiger partial charge in [0.15, 0.2) is 4.96 Å². The molecule has 0 bridgehead atoms. The average Bonchev–Trinajstić information content (AvgIpc) is 3.18. The first-order valence-corrected chi connectivity index (χ1v) is 11.5. The Kier molecular flexibility index (Phi) is 6.47. The summed E-state index contributed by atoms with van der Waals surface area (Å²) in [6.07, 6.45) is 0. The van der Waals surface area contributed by atoms with Gasteiger partial charge in [0, 0.05) is 23.1 Å². The van der Waals surface area contributed by atoms with Crippen molar-refractivity contribution in [3.05, 3.63) is 86.3 Å². The Balaban J connectivity index is 1.75. The molecule has 0 aliphatic heterocycles. The first-order chi connectivity index (χ1) is 16.3. The van der Waals surface area contributed by atoms with Gasteiger partial charge in [-0.2, -0.15) is 0 Å². The van der Waals surface area contributed by atoms with Crippen molar-refractivity contribution in [3.8, 4) is 5.75 Å². The molecule has 4 rings (SSSR count). The van der Waals surface area contributed by atoms with E-state index >= 15 is 0 Å². The number of carbonyl (C=O) groups is 2. The molecule has 174 valence electrons. The number of anilines is 2. The van der Waals surface area contributed by atoms with Crippen LogP contribution in [0.2, 0.25) is 0 Å². The summed E-state index contributed by atoms with van der Waals surface area (Å²) >= 11 is 0.997. The predicted octanol–water partition coefficient (Wildman–Crippen LogP) is 4.58. The van der Waals surface area contributed by atoms with Gasteiger partial charge in [0.25, 0.3) is 17.4 Å². The number of aryl methyl sites for hydroxylation is 2. The maximum Gasteiger partial charge on any atom is 0.274 e. The highest BCUT2D eigenvalue weighted by Gasteiger charge is 2.26. The van der Waals surface area contributed by atoms with E-state index in [-0.39, 0.29) is 15.5 Å². The number of ether oxygens (including phenoxy) is 1. The SMILES string of the molecule is CCOc1ccc(NC(=O)c2c(C(=O)Nc3cccc(C)c3C)sc3nc(C)cc(=O)n23)cc1. The van der Waals surface area contributed by atoms with Gasteiger partial charge in [0.1, 0.15) is 16.3 Å². The minimum atomic E-state index is -0.589. The number of hydrogen-bond donors (Lipinski definition) is 2. The fourth-order valence-corrected chi connectivity index (χ4v) is 4.57. The van der Waals surface area contributed by atoms with E-state index in [4.69, 9.17) is 4.74 Å². The van der Waals surface area contributed by atoms with Crippen LogP contribution in [-0.2, 0) is 0 Å². The van der Waals surface area contributed by atoms with Gasteiger partial charge in [0.05, 0.1) is 6.61 Å². The van der Waals surface area contributed by atoms with Crippen LogP contribution in [0.5, 0.6) is 5.75 Å². The molecule has 0 unspecified atom stereocenters. The number of fused-ring (bicyclic) bond motifs is 1. The van der Waals surface area contributed by atoms with E-state index < -0.39 is 17.4 Å². The highest BCUT2D eigenvalue weighted by molar-refractivity contribution is 7.19. The second-order valence-corrected chi connectivity index (χ2v) is 8.72. The molecule has 0 fully saturated rings. The minimum Gasteiger partial charge on any atom is -0.494 e. The van der Waals surface area contributed by atoms with E-state index in [2.05, 4.69) is 15.6 Å². The van der Waals surface area contributed by atoms with E-state index in [1.807, 2.05) is 32.9 Å². The lowest BCUT2D eigenvalue weighted by molar-refractivity contribution is 0.0989. The summed E-state index contributed by atoms with van der Waals surface area (Å²) in [4.78, 5) is 44.2. The van der Waals surface area contributed by atoms with Crippen LogP contribution in [-0.4, -0.2) is 27.8 Å². The smallest absolute Gasteiger partial charge is 0.274 e. The average molecular weight is 477 g/mol. The summed E-state index contributed by atoms with van der Waals surface area (Å²) in [5.74, 6) is -0.404. The first kappa shape index (κ1) is 23.2. The van der Waals surface area contributed by atoms with Crippen molar-refractivity contribution >= 4 is 39.5 Å². The minimum absolute atomic E-state index is 0.0609. The molecule has 0 aliphatic carbocycles. The van der Waals surface area contributed by atoms with Crippen LogP contribution in [0.4, 0.5) is 11.4 Å². The summed E-state index contributed by atoms with van der Waals surface area (Å²) in [6, 6.07) is 13.8. The molecule has 8 nitrogen and oxygen atoms in total. The Hall–Kier alpha value is -3.98. The fourth-order valence-electron chi connectivity index (χ4n) is 3.50. The zero-order valence-electron chi connectivity index (χ0n) is 19.3. The Bertz CT molecular complexity index is 1450. The third-order valence-corrected chi connectivity index (χ3v) is 6.38. The van der Waals surface area contributed by atoms with Gasteiger partial charge in [0.2, 0.25) is 0 Å². The fraction of sp³-hybridized carbons (Fsp3) is 0.200. The number of amides is 2. The monoisotopic (exact) mass is 476 g/mol. The highest BCUT2D eigenvalue weighted by Crippen LogP contribution is 2.26. The van der Waals surface area contributed by atoms with Crippen molar-refractivity contribution in [2.24, 2.45) is 0 Å². The normalized spacial score (nSPS) is 10.8. The molecule has 0 saturated carbocycles. The van der Waals surface area contributed by atoms with Crippen LogP contribution >= 0.6 is 11.3 Å². The molecule has 0 radical (unpaired) electrons. The van der Waals surface area contributed by atoms with E-state index in [0.717, 1.165) is 22.5 Å². The lowest BCUT2D eigenvalue weighted by Crippen LogP contribution is -2.25. The first-order valence-electron chi connectivity index (χ1n) is 10.7. The Morgan fingerprint density at radius 3 is 2.47 bits per heavy atom. The molecule has 34 heavy (non-hydrogen) atoms. The van der Waals surface area contributed by atoms with Crippen molar-refractivity contribution in [1.29, 1.82) is 0 Å². The molecule has 4 aromatic rings. The second-order valence-electron chi connectivity index (χ2n) is 7.75. The molecule has 0 aliphatic rings. The maximum atomic E-state index is 13.3. The van der Waals surface area contributed by atoms with Crippen LogP contribution in [0, 0.1) is 20.8 Å². The molecular weight excluding hydrogens is 452 g/mol. The van der Waals surface area contributed by atoms with Gasteiger partial charge in [-0.05, 0) is 69.2 Å². The summed E-state index contributed by atoms with van der Waals surface area (Å²) in [7, 11) is 0. The van der Waals surface area contributed by atoms with E-state index in [0.29, 0.717) is 29.4 Å². The number of hydrogen-bond acceptors (Lipinski definition) is 6. The summed E-state index contributed by atoms with van der Waals surface area (Å²) in [6.45, 7) is 7.96. The molecule has 2 heterocycles. The predicted molar refractivity (Wildman–Crippen MR) is 134 cm³/mol. The van der Waals surface area contributed by atoms with E-state index in [1.54, 1.807) is 37.3 Å². The third kappa shape index (κ3) is 4.55. The molecule has 2 amide bonds. The number of rotatable bonds is 6. The topological polar surface area (TPSA) is 102 Å². The second kappa shape index (κ2) is 9.48. The highest BCUT2D eigenvalue weighted by atomic mass is 32.1. The van der Waals surface area contributed by atoms with Crippen molar-refractivity contribution in [2.75, 3.05) is 17.2 Å². The Morgan fingerprint density at radius 1 is 1.03 bits per heavy atom. The van der Waals surface area contributed by atoms with E-state index in [9.17, 15) is 14.4 Å². The summed E-state index contributed by atoms with van der Waals surface area (Å²) in [5.41, 5.74) is 3.10. The Morgan fingerprint density at radius 2 is 1.76 bits per heavy atom. The molecule has 2 aromatic heterocycles. The molecule has 0 spiro atoms. The van der Waals surface area contributed by atoms with Crippen molar-refractivity contribution in [2.45, 2.75) is 27.7 Å². The molecule has 0 atom stereocenters. The van der Waals surface area contributed by atoms with Crippen LogP contribution in [0.3, 0.4) is 0 Å². The zero-order valence-corrected chi connectivity index (χ0v) is 20.1. The van der Waals surface area contributed by atoms with Crippen molar-refractivity contribution in [1.82, 2.24) is 9.38 Å². The van der Waals surface area contributed by atoms with Crippen LogP contribution in [0.1, 0.15) is 43.9 Å². The van der Waals surface area contributed by atoms with Gasteiger partial charge >= 0.3 is 0 Å². The van der Waals surface area contributed by atoms with Gasteiger partial charge in [-0.15, -0.1) is 0 Å². The standard InChI is InChI=1S/C25H24N4O4S/c1-5-33-18-11-9-17(10-12-18)27-23(31)21-22(34-25-26-15(3)13-20(30)29(21)25)24(32)28-19-8-6-7-14(2)16(19)4/h6-13H,5H2,1-4H3,(H,27,31)(H,28,32). The number of thiazole rings is 1. The Labute approximate surface area is 200 Å². The van der Waals surface area contributed by atoms with Crippen molar-refractivity contribution in [3.63, 3.8) is 0 Å². The molecular formula is C25H24N4O4S. The number of nitrogens with zero attached hydrogens (tertiary/aromatic N) is 2. The van der Waals surface area contributed by atoms with Crippen molar-refractivity contribution < 1.29 is 14.3 Å². The quantitative estimate of drug-likeness (QED) is 0.424. The van der Waals surface area contributed by atoms with Gasteiger partial charge in [-0.3, -0.25) is 14.4 Å². The van der Waals surface area contributed by atoms with Crippen LogP contribution in [0.15, 0.2) is 53.3 Å². The van der Waals surface area contributed by atoms with E-state index in [1.165, 1.54) is 10.5 Å². The van der Waals surface area contributed by atoms with Gasteiger partial charge in [-0.1, -0.05) is 23.5 Å². The molecule has 2 aromatic carbocycles. The molecule has 9 heteroatoms. The van der Waals surface area contributed by atoms with Gasteiger partial charge in [-0.25, -0.2) is 9.38 Å².